The molecule has 2 aromatic carbocycles. The maximum absolute atomic E-state index is 11.4. The molecule has 2 heterocycles. The third-order valence-electron chi connectivity index (χ3n) is 4.39. The number of ether oxygens (including phenoxy) is 3. The first-order valence-electron chi connectivity index (χ1n) is 10.5. The first kappa shape index (κ1) is 24.7. The molecule has 174 valence electrons. The molecule has 2 aromatic heterocycles. The van der Waals surface area contributed by atoms with Crippen molar-refractivity contribution in [3.63, 3.8) is 0 Å². The average Bonchev–Trinajstić information content (AvgIpc) is 3.44. The highest BCUT2D eigenvalue weighted by Crippen LogP contribution is 2.35. The van der Waals surface area contributed by atoms with Crippen molar-refractivity contribution in [2.24, 2.45) is 0 Å². The Balaban J connectivity index is 0.00000149. The smallest absolute Gasteiger partial charge is 0.344 e. The van der Waals surface area contributed by atoms with Gasteiger partial charge in [0, 0.05) is 5.56 Å². The summed E-state index contributed by atoms with van der Waals surface area (Å²) in [5, 5.41) is 0.836. The van der Waals surface area contributed by atoms with Gasteiger partial charge in [0.05, 0.1) is 16.1 Å². The molecule has 0 atom stereocenters. The van der Waals surface area contributed by atoms with Gasteiger partial charge in [-0.05, 0) is 71.7 Å². The quantitative estimate of drug-likeness (QED) is 0.237. The van der Waals surface area contributed by atoms with E-state index < -0.39 is 5.97 Å². The van der Waals surface area contributed by atoms with Crippen LogP contribution in [0.1, 0.15) is 31.3 Å². The Kier molecular flexibility index (Phi) is 8.85. The summed E-state index contributed by atoms with van der Waals surface area (Å²) in [5.41, 5.74) is 4.19. The second-order valence-corrected chi connectivity index (χ2v) is 8.98. The number of rotatable bonds is 8. The van der Waals surface area contributed by atoms with Gasteiger partial charge in [0.1, 0.15) is 28.6 Å². The molecular formula is C24H25BrN2O5S. The number of aryl methyl sites for hydroxylation is 1. The summed E-state index contributed by atoms with van der Waals surface area (Å²) < 4.78 is 22.5. The lowest BCUT2D eigenvalue weighted by molar-refractivity contribution is -0.145. The number of fused-ring (bicyclic) bond motifs is 1. The van der Waals surface area contributed by atoms with Gasteiger partial charge in [0.15, 0.2) is 18.6 Å². The topological polar surface area (TPSA) is 83.7 Å². The highest BCUT2D eigenvalue weighted by Gasteiger charge is 2.14. The zero-order valence-corrected chi connectivity index (χ0v) is 21.3. The maximum atomic E-state index is 11.4. The van der Waals surface area contributed by atoms with Crippen LogP contribution in [0.5, 0.6) is 11.5 Å². The normalized spacial score (nSPS) is 10.5. The number of aromatic nitrogens is 2. The first-order chi connectivity index (χ1) is 16.0. The lowest BCUT2D eigenvalue weighted by atomic mass is 10.1. The summed E-state index contributed by atoms with van der Waals surface area (Å²) in [6.07, 6.45) is 1.43. The number of esters is 1. The number of oxazole rings is 1. The molecule has 0 saturated heterocycles. The van der Waals surface area contributed by atoms with E-state index in [2.05, 4.69) is 20.9 Å². The van der Waals surface area contributed by atoms with Crippen molar-refractivity contribution in [2.45, 2.75) is 34.3 Å². The zero-order valence-electron chi connectivity index (χ0n) is 18.9. The minimum absolute atomic E-state index is 0.120. The van der Waals surface area contributed by atoms with Crippen molar-refractivity contribution >= 4 is 44.3 Å². The van der Waals surface area contributed by atoms with Gasteiger partial charge in [0.2, 0.25) is 0 Å². The summed E-state index contributed by atoms with van der Waals surface area (Å²) in [4.78, 5) is 20.3. The molecule has 9 heteroatoms. The van der Waals surface area contributed by atoms with Gasteiger partial charge in [-0.2, -0.15) is 0 Å². The van der Waals surface area contributed by atoms with Gasteiger partial charge >= 0.3 is 5.97 Å². The molecule has 33 heavy (non-hydrogen) atoms. The van der Waals surface area contributed by atoms with Crippen LogP contribution in [0.15, 0.2) is 51.0 Å². The molecule has 0 aliphatic heterocycles. The lowest BCUT2D eigenvalue weighted by Crippen LogP contribution is -2.14. The fourth-order valence-corrected chi connectivity index (χ4v) is 4.55. The van der Waals surface area contributed by atoms with Crippen LogP contribution in [0.2, 0.25) is 0 Å². The summed E-state index contributed by atoms with van der Waals surface area (Å²) in [7, 11) is 0. The van der Waals surface area contributed by atoms with Crippen molar-refractivity contribution < 1.29 is 23.4 Å². The Morgan fingerprint density at radius 3 is 2.73 bits per heavy atom. The number of thiazole rings is 1. The second-order valence-electron chi connectivity index (χ2n) is 6.57. The molecule has 0 unspecified atom stereocenters. The SMILES string of the molecule is CC.CCOC(=O)COc1ccc(OCc2nc(-c3ccc4ocnc4c3)c(Br)s2)cc1C. The molecule has 4 rings (SSSR count). The predicted octanol–water partition coefficient (Wildman–Crippen LogP) is 6.57. The van der Waals surface area contributed by atoms with E-state index in [-0.39, 0.29) is 6.61 Å². The van der Waals surface area contributed by atoms with E-state index in [0.717, 1.165) is 36.7 Å². The Hall–Kier alpha value is -2.91. The van der Waals surface area contributed by atoms with Crippen molar-refractivity contribution in [1.29, 1.82) is 0 Å². The number of nitrogens with zero attached hydrogens (tertiary/aromatic N) is 2. The molecule has 0 aliphatic carbocycles. The van der Waals surface area contributed by atoms with Crippen molar-refractivity contribution in [3.8, 4) is 22.8 Å². The maximum Gasteiger partial charge on any atom is 0.344 e. The Labute approximate surface area is 204 Å². The Bertz CT molecular complexity index is 1220. The number of carbonyl (C=O) groups excluding carboxylic acids is 1. The molecule has 0 amide bonds. The standard InChI is InChI=1S/C22H19BrN2O5S.C2H6/c1-3-27-20(26)11-29-17-7-5-15(8-13(17)2)28-10-19-25-21(22(23)31-19)14-4-6-18-16(9-14)24-12-30-18;1-2/h4-9,12H,3,10-11H2,1-2H3;1-2H3. The van der Waals surface area contributed by atoms with Crippen LogP contribution >= 0.6 is 27.3 Å². The minimum atomic E-state index is -0.393. The fraction of sp³-hybridized carbons (Fsp3) is 0.292. The number of benzene rings is 2. The van der Waals surface area contributed by atoms with Crippen molar-refractivity contribution in [1.82, 2.24) is 9.97 Å². The van der Waals surface area contributed by atoms with Crippen LogP contribution in [0.3, 0.4) is 0 Å². The number of carbonyl (C=O) groups is 1. The summed E-state index contributed by atoms with van der Waals surface area (Å²) in [5.74, 6) is 0.913. The van der Waals surface area contributed by atoms with E-state index in [1.54, 1.807) is 19.1 Å². The lowest BCUT2D eigenvalue weighted by Gasteiger charge is -2.10. The Morgan fingerprint density at radius 2 is 1.97 bits per heavy atom. The van der Waals surface area contributed by atoms with Gasteiger partial charge in [-0.25, -0.2) is 14.8 Å². The molecule has 0 aliphatic rings. The molecular weight excluding hydrogens is 508 g/mol. The largest absolute Gasteiger partial charge is 0.486 e. The van der Waals surface area contributed by atoms with Gasteiger partial charge < -0.3 is 18.6 Å². The summed E-state index contributed by atoms with van der Waals surface area (Å²) in [6.45, 7) is 8.19. The van der Waals surface area contributed by atoms with Gasteiger partial charge in [-0.1, -0.05) is 13.8 Å². The van der Waals surface area contributed by atoms with E-state index in [0.29, 0.717) is 24.7 Å². The van der Waals surface area contributed by atoms with Crippen LogP contribution in [0.4, 0.5) is 0 Å². The molecule has 0 radical (unpaired) electrons. The van der Waals surface area contributed by atoms with Gasteiger partial charge in [-0.3, -0.25) is 0 Å². The average molecular weight is 533 g/mol. The summed E-state index contributed by atoms with van der Waals surface area (Å²) in [6, 6.07) is 11.2. The van der Waals surface area contributed by atoms with E-state index in [1.165, 1.54) is 17.7 Å². The molecule has 7 nitrogen and oxygen atoms in total. The Morgan fingerprint density at radius 1 is 1.15 bits per heavy atom. The minimum Gasteiger partial charge on any atom is -0.486 e. The molecule has 0 fully saturated rings. The number of hydrogen-bond donors (Lipinski definition) is 0. The zero-order chi connectivity index (χ0) is 23.8. The monoisotopic (exact) mass is 532 g/mol. The van der Waals surface area contributed by atoms with Gasteiger partial charge in [0.25, 0.3) is 0 Å². The fourth-order valence-electron chi connectivity index (χ4n) is 2.95. The third-order valence-corrected chi connectivity index (χ3v) is 6.07. The third kappa shape index (κ3) is 6.33. The highest BCUT2D eigenvalue weighted by atomic mass is 79.9. The molecule has 0 saturated carbocycles. The molecule has 4 aromatic rings. The van der Waals surface area contributed by atoms with Crippen LogP contribution in [0.25, 0.3) is 22.4 Å². The highest BCUT2D eigenvalue weighted by molar-refractivity contribution is 9.11. The molecule has 0 N–H and O–H groups in total. The second kappa shape index (κ2) is 11.8. The molecule has 0 bridgehead atoms. The summed E-state index contributed by atoms with van der Waals surface area (Å²) >= 11 is 5.12. The van der Waals surface area contributed by atoms with E-state index in [9.17, 15) is 4.79 Å². The number of hydrogen-bond acceptors (Lipinski definition) is 8. The number of halogens is 1. The van der Waals surface area contributed by atoms with Crippen LogP contribution < -0.4 is 9.47 Å². The first-order valence-corrected chi connectivity index (χ1v) is 12.1. The van der Waals surface area contributed by atoms with Crippen LogP contribution in [-0.4, -0.2) is 29.2 Å². The van der Waals surface area contributed by atoms with Crippen molar-refractivity contribution in [3.05, 3.63) is 57.1 Å². The van der Waals surface area contributed by atoms with E-state index >= 15 is 0 Å². The van der Waals surface area contributed by atoms with Crippen LogP contribution in [0, 0.1) is 6.92 Å². The van der Waals surface area contributed by atoms with E-state index in [4.69, 9.17) is 23.6 Å². The van der Waals surface area contributed by atoms with E-state index in [1.807, 2.05) is 45.0 Å². The molecule has 0 spiro atoms. The van der Waals surface area contributed by atoms with Gasteiger partial charge in [-0.15, -0.1) is 11.3 Å². The van der Waals surface area contributed by atoms with Crippen LogP contribution in [-0.2, 0) is 16.1 Å². The predicted molar refractivity (Wildman–Crippen MR) is 132 cm³/mol. The van der Waals surface area contributed by atoms with Crippen molar-refractivity contribution in [2.75, 3.05) is 13.2 Å².